The van der Waals surface area contributed by atoms with Crippen molar-refractivity contribution in [1.82, 2.24) is 0 Å². The molecule has 2 rings (SSSR count). The molecular formula is C15H11BrF3NO2. The Hall–Kier alpha value is -2.02. The predicted octanol–water partition coefficient (Wildman–Crippen LogP) is 4.49. The molecule has 1 amide bonds. The summed E-state index contributed by atoms with van der Waals surface area (Å²) in [5, 5.41) is 2.21. The van der Waals surface area contributed by atoms with Crippen LogP contribution in [0.5, 0.6) is 5.75 Å². The van der Waals surface area contributed by atoms with Crippen LogP contribution in [0.25, 0.3) is 0 Å². The van der Waals surface area contributed by atoms with E-state index in [0.717, 1.165) is 10.5 Å². The summed E-state index contributed by atoms with van der Waals surface area (Å²) in [4.78, 5) is 11.7. The third kappa shape index (κ3) is 4.49. The van der Waals surface area contributed by atoms with E-state index in [1.54, 1.807) is 24.3 Å². The molecule has 0 heterocycles. The Kier molecular flexibility index (Phi) is 5.07. The van der Waals surface area contributed by atoms with Gasteiger partial charge in [-0.05, 0) is 36.4 Å². The summed E-state index contributed by atoms with van der Waals surface area (Å²) in [7, 11) is 0. The van der Waals surface area contributed by atoms with E-state index in [4.69, 9.17) is 4.74 Å². The van der Waals surface area contributed by atoms with Crippen molar-refractivity contribution in [2.45, 2.75) is 6.18 Å². The number of benzene rings is 2. The van der Waals surface area contributed by atoms with Gasteiger partial charge in [-0.25, -0.2) is 0 Å². The molecule has 2 aromatic carbocycles. The van der Waals surface area contributed by atoms with Gasteiger partial charge in [0, 0.05) is 4.47 Å². The second-order valence-corrected chi connectivity index (χ2v) is 5.25. The van der Waals surface area contributed by atoms with E-state index in [2.05, 4.69) is 21.2 Å². The number of carbonyl (C=O) groups is 1. The number of ether oxygens (including phenoxy) is 1. The van der Waals surface area contributed by atoms with E-state index in [9.17, 15) is 18.0 Å². The Labute approximate surface area is 133 Å². The van der Waals surface area contributed by atoms with Crippen LogP contribution in [0.1, 0.15) is 5.56 Å². The molecule has 0 saturated carbocycles. The molecule has 0 radical (unpaired) electrons. The Morgan fingerprint density at radius 1 is 1.09 bits per heavy atom. The van der Waals surface area contributed by atoms with Gasteiger partial charge in [0.15, 0.2) is 6.61 Å². The fourth-order valence-corrected chi connectivity index (χ4v) is 1.97. The molecule has 0 bridgehead atoms. The fourth-order valence-electron chi connectivity index (χ4n) is 1.71. The molecule has 0 aliphatic rings. The zero-order chi connectivity index (χ0) is 16.2. The lowest BCUT2D eigenvalue weighted by molar-refractivity contribution is -0.137. The second-order valence-electron chi connectivity index (χ2n) is 4.33. The molecule has 22 heavy (non-hydrogen) atoms. The Morgan fingerprint density at radius 3 is 2.36 bits per heavy atom. The quantitative estimate of drug-likeness (QED) is 0.857. The maximum atomic E-state index is 12.8. The van der Waals surface area contributed by atoms with E-state index < -0.39 is 17.6 Å². The minimum Gasteiger partial charge on any atom is -0.484 e. The lowest BCUT2D eigenvalue weighted by Gasteiger charge is -2.13. The van der Waals surface area contributed by atoms with E-state index in [-0.39, 0.29) is 12.3 Å². The SMILES string of the molecule is O=C(COc1ccc(Br)cc1)Nc1ccccc1C(F)(F)F. The Morgan fingerprint density at radius 2 is 1.73 bits per heavy atom. The molecule has 0 fully saturated rings. The Bertz CT molecular complexity index is 657. The number of rotatable bonds is 4. The van der Waals surface area contributed by atoms with Gasteiger partial charge in [-0.2, -0.15) is 13.2 Å². The zero-order valence-corrected chi connectivity index (χ0v) is 12.7. The van der Waals surface area contributed by atoms with Crippen molar-refractivity contribution in [2.24, 2.45) is 0 Å². The minimum atomic E-state index is -4.53. The van der Waals surface area contributed by atoms with Gasteiger partial charge in [-0.3, -0.25) is 4.79 Å². The fraction of sp³-hybridized carbons (Fsp3) is 0.133. The predicted molar refractivity (Wildman–Crippen MR) is 79.7 cm³/mol. The number of hydrogen-bond donors (Lipinski definition) is 1. The van der Waals surface area contributed by atoms with Crippen LogP contribution >= 0.6 is 15.9 Å². The van der Waals surface area contributed by atoms with Crippen molar-refractivity contribution in [2.75, 3.05) is 11.9 Å². The maximum Gasteiger partial charge on any atom is 0.418 e. The highest BCUT2D eigenvalue weighted by Gasteiger charge is 2.33. The highest BCUT2D eigenvalue weighted by atomic mass is 79.9. The summed E-state index contributed by atoms with van der Waals surface area (Å²) in [6.07, 6.45) is -4.53. The molecule has 1 N–H and O–H groups in total. The first-order valence-corrected chi connectivity index (χ1v) is 7.00. The largest absolute Gasteiger partial charge is 0.484 e. The molecule has 3 nitrogen and oxygen atoms in total. The van der Waals surface area contributed by atoms with Crippen LogP contribution in [-0.4, -0.2) is 12.5 Å². The van der Waals surface area contributed by atoms with Crippen LogP contribution in [0.15, 0.2) is 53.0 Å². The van der Waals surface area contributed by atoms with Gasteiger partial charge in [0.2, 0.25) is 0 Å². The zero-order valence-electron chi connectivity index (χ0n) is 11.2. The van der Waals surface area contributed by atoms with Crippen molar-refractivity contribution in [1.29, 1.82) is 0 Å². The van der Waals surface area contributed by atoms with Gasteiger partial charge in [0.1, 0.15) is 5.75 Å². The molecule has 0 saturated heterocycles. The molecule has 0 spiro atoms. The summed E-state index contributed by atoms with van der Waals surface area (Å²) in [5.74, 6) is -0.220. The van der Waals surface area contributed by atoms with E-state index in [1.807, 2.05) is 0 Å². The van der Waals surface area contributed by atoms with Crippen molar-refractivity contribution in [3.8, 4) is 5.75 Å². The monoisotopic (exact) mass is 373 g/mol. The van der Waals surface area contributed by atoms with Gasteiger partial charge in [0.25, 0.3) is 5.91 Å². The number of carbonyl (C=O) groups excluding carboxylic acids is 1. The van der Waals surface area contributed by atoms with Crippen molar-refractivity contribution in [3.63, 3.8) is 0 Å². The minimum absolute atomic E-state index is 0.292. The summed E-state index contributed by atoms with van der Waals surface area (Å²) in [6, 6.07) is 11.5. The van der Waals surface area contributed by atoms with Crippen molar-refractivity contribution < 1.29 is 22.7 Å². The van der Waals surface area contributed by atoms with Crippen LogP contribution in [0, 0.1) is 0 Å². The third-order valence-electron chi connectivity index (χ3n) is 2.69. The van der Waals surface area contributed by atoms with Gasteiger partial charge >= 0.3 is 6.18 Å². The van der Waals surface area contributed by atoms with E-state index in [1.165, 1.54) is 18.2 Å². The lowest BCUT2D eigenvalue weighted by Crippen LogP contribution is -2.22. The summed E-state index contributed by atoms with van der Waals surface area (Å²) in [5.41, 5.74) is -1.19. The highest BCUT2D eigenvalue weighted by molar-refractivity contribution is 9.10. The molecule has 7 heteroatoms. The van der Waals surface area contributed by atoms with Crippen LogP contribution in [0.2, 0.25) is 0 Å². The summed E-state index contributed by atoms with van der Waals surface area (Å²) < 4.78 is 44.5. The number of alkyl halides is 3. The molecule has 2 aromatic rings. The highest BCUT2D eigenvalue weighted by Crippen LogP contribution is 2.34. The molecule has 0 aromatic heterocycles. The number of hydrogen-bond acceptors (Lipinski definition) is 2. The first-order chi connectivity index (χ1) is 10.4. The summed E-state index contributed by atoms with van der Waals surface area (Å²) in [6.45, 7) is -0.381. The van der Waals surface area contributed by atoms with E-state index >= 15 is 0 Å². The first-order valence-electron chi connectivity index (χ1n) is 6.21. The molecule has 0 unspecified atom stereocenters. The third-order valence-corrected chi connectivity index (χ3v) is 3.22. The summed E-state index contributed by atoms with van der Waals surface area (Å²) >= 11 is 3.25. The smallest absolute Gasteiger partial charge is 0.418 e. The number of para-hydroxylation sites is 1. The van der Waals surface area contributed by atoms with Crippen LogP contribution in [-0.2, 0) is 11.0 Å². The average molecular weight is 374 g/mol. The molecular weight excluding hydrogens is 363 g/mol. The van der Waals surface area contributed by atoms with Crippen LogP contribution < -0.4 is 10.1 Å². The number of anilines is 1. The molecule has 0 aliphatic heterocycles. The lowest BCUT2D eigenvalue weighted by atomic mass is 10.1. The van der Waals surface area contributed by atoms with Gasteiger partial charge in [0.05, 0.1) is 11.3 Å². The number of nitrogens with one attached hydrogen (secondary N) is 1. The van der Waals surface area contributed by atoms with Crippen LogP contribution in [0.3, 0.4) is 0 Å². The van der Waals surface area contributed by atoms with E-state index in [0.29, 0.717) is 5.75 Å². The molecule has 0 aliphatic carbocycles. The number of halogens is 4. The standard InChI is InChI=1S/C15H11BrF3NO2/c16-10-5-7-11(8-6-10)22-9-14(21)20-13-4-2-1-3-12(13)15(17,18)19/h1-8H,9H2,(H,20,21). The maximum absolute atomic E-state index is 12.8. The topological polar surface area (TPSA) is 38.3 Å². The van der Waals surface area contributed by atoms with Gasteiger partial charge in [-0.1, -0.05) is 28.1 Å². The van der Waals surface area contributed by atoms with Crippen molar-refractivity contribution in [3.05, 3.63) is 58.6 Å². The van der Waals surface area contributed by atoms with Gasteiger partial charge < -0.3 is 10.1 Å². The molecule has 0 atom stereocenters. The second kappa shape index (κ2) is 6.83. The van der Waals surface area contributed by atoms with Crippen LogP contribution in [0.4, 0.5) is 18.9 Å². The Balaban J connectivity index is 1.99. The first kappa shape index (κ1) is 16.4. The molecule has 116 valence electrons. The van der Waals surface area contributed by atoms with Crippen molar-refractivity contribution >= 4 is 27.5 Å². The normalized spacial score (nSPS) is 11.1. The average Bonchev–Trinajstić information content (AvgIpc) is 2.46. The van der Waals surface area contributed by atoms with Gasteiger partial charge in [-0.15, -0.1) is 0 Å². The number of amides is 1.